The van der Waals surface area contributed by atoms with E-state index < -0.39 is 0 Å². The van der Waals surface area contributed by atoms with Crippen molar-refractivity contribution < 1.29 is 9.59 Å². The molecule has 0 unspecified atom stereocenters. The van der Waals surface area contributed by atoms with Crippen LogP contribution in [0.4, 0.5) is 0 Å². The lowest BCUT2D eigenvalue weighted by Gasteiger charge is -2.13. The first-order valence-corrected chi connectivity index (χ1v) is 11.6. The van der Waals surface area contributed by atoms with E-state index in [1.165, 1.54) is 46.6 Å². The van der Waals surface area contributed by atoms with E-state index in [-0.39, 0.29) is 17.9 Å². The van der Waals surface area contributed by atoms with E-state index in [1.807, 2.05) is 13.0 Å². The second-order valence-electron chi connectivity index (χ2n) is 7.62. The van der Waals surface area contributed by atoms with E-state index in [4.69, 9.17) is 0 Å². The minimum absolute atomic E-state index is 0.0252. The molecule has 0 spiro atoms. The summed E-state index contributed by atoms with van der Waals surface area (Å²) < 4.78 is 0. The van der Waals surface area contributed by atoms with Crippen molar-refractivity contribution >= 4 is 34.5 Å². The van der Waals surface area contributed by atoms with Crippen molar-refractivity contribution in [3.63, 3.8) is 0 Å². The molecule has 0 saturated carbocycles. The molecule has 0 fully saturated rings. The second-order valence-corrected chi connectivity index (χ2v) is 9.89. The van der Waals surface area contributed by atoms with Crippen LogP contribution < -0.4 is 10.6 Å². The van der Waals surface area contributed by atoms with Crippen LogP contribution >= 0.6 is 22.7 Å². The van der Waals surface area contributed by atoms with Crippen LogP contribution in [0.5, 0.6) is 0 Å². The molecule has 4 rings (SSSR count). The summed E-state index contributed by atoms with van der Waals surface area (Å²) in [5.74, 6) is -0.0511. The molecule has 27 heavy (non-hydrogen) atoms. The Morgan fingerprint density at radius 3 is 1.96 bits per heavy atom. The molecule has 2 amide bonds. The van der Waals surface area contributed by atoms with Crippen LogP contribution in [-0.2, 0) is 25.7 Å². The van der Waals surface area contributed by atoms with Gasteiger partial charge in [-0.1, -0.05) is 0 Å². The maximum atomic E-state index is 12.5. The van der Waals surface area contributed by atoms with Crippen molar-refractivity contribution in [1.29, 1.82) is 0 Å². The van der Waals surface area contributed by atoms with Gasteiger partial charge in [-0.2, -0.15) is 0 Å². The topological polar surface area (TPSA) is 58.2 Å². The third-order valence-electron chi connectivity index (χ3n) is 5.39. The number of amides is 2. The Morgan fingerprint density at radius 1 is 0.889 bits per heavy atom. The zero-order valence-electron chi connectivity index (χ0n) is 15.7. The Kier molecular flexibility index (Phi) is 5.64. The number of carbonyl (C=O) groups excluding carboxylic acids is 2. The minimum atomic E-state index is -0.102. The summed E-state index contributed by atoms with van der Waals surface area (Å²) in [4.78, 5) is 29.3. The highest BCUT2D eigenvalue weighted by atomic mass is 32.1. The summed E-state index contributed by atoms with van der Waals surface area (Å²) in [7, 11) is 0. The molecule has 0 aromatic carbocycles. The largest absolute Gasteiger partial charge is 0.349 e. The molecule has 0 saturated heterocycles. The Labute approximate surface area is 168 Å². The number of hydrogen-bond donors (Lipinski definition) is 2. The standard InChI is InChI=1S/C21H26N2O2S2/c1-13(23-21(25)19-11-15-7-3-5-9-17(15)27-19)12-22-20(24)18-10-14-6-2-4-8-16(14)26-18/h10-11,13H,2-9,12H2,1H3,(H,22,24)(H,23,25)/t13-/m1/s1. The Hall–Kier alpha value is -1.66. The van der Waals surface area contributed by atoms with Crippen LogP contribution in [0, 0.1) is 0 Å². The summed E-state index contributed by atoms with van der Waals surface area (Å²) in [6.45, 7) is 2.38. The first-order chi connectivity index (χ1) is 13.1. The average Bonchev–Trinajstić information content (AvgIpc) is 3.30. The SMILES string of the molecule is C[C@H](CNC(=O)c1cc2c(s1)CCCC2)NC(=O)c1cc2c(s1)CCCC2. The zero-order valence-corrected chi connectivity index (χ0v) is 17.4. The van der Waals surface area contributed by atoms with Crippen LogP contribution in [0.2, 0.25) is 0 Å². The first-order valence-electron chi connectivity index (χ1n) is 9.92. The van der Waals surface area contributed by atoms with Gasteiger partial charge in [-0.05, 0) is 81.5 Å². The van der Waals surface area contributed by atoms with Gasteiger partial charge in [0.15, 0.2) is 0 Å². The number of hydrogen-bond acceptors (Lipinski definition) is 4. The number of carbonyl (C=O) groups is 2. The molecule has 0 bridgehead atoms. The fourth-order valence-corrected chi connectivity index (χ4v) is 6.21. The molecule has 4 nitrogen and oxygen atoms in total. The third kappa shape index (κ3) is 4.27. The molecular weight excluding hydrogens is 376 g/mol. The molecular formula is C21H26N2O2S2. The lowest BCUT2D eigenvalue weighted by molar-refractivity contribution is 0.0916. The molecule has 144 valence electrons. The lowest BCUT2D eigenvalue weighted by Crippen LogP contribution is -2.41. The van der Waals surface area contributed by atoms with Crippen LogP contribution in [0.3, 0.4) is 0 Å². The van der Waals surface area contributed by atoms with Gasteiger partial charge in [0.1, 0.15) is 0 Å². The quantitative estimate of drug-likeness (QED) is 0.790. The third-order valence-corrected chi connectivity index (χ3v) is 7.86. The van der Waals surface area contributed by atoms with Gasteiger partial charge in [0, 0.05) is 22.3 Å². The average molecular weight is 403 g/mol. The van der Waals surface area contributed by atoms with Crippen LogP contribution in [0.1, 0.15) is 72.8 Å². The van der Waals surface area contributed by atoms with Crippen LogP contribution in [-0.4, -0.2) is 24.4 Å². The highest BCUT2D eigenvalue weighted by Crippen LogP contribution is 2.30. The van der Waals surface area contributed by atoms with Gasteiger partial charge in [-0.3, -0.25) is 9.59 Å². The summed E-state index contributed by atoms with van der Waals surface area (Å²) in [5.41, 5.74) is 2.69. The molecule has 0 aliphatic heterocycles. The predicted octanol–water partition coefficient (Wildman–Crippen LogP) is 4.12. The number of thiophene rings is 2. The van der Waals surface area contributed by atoms with Crippen LogP contribution in [0.25, 0.3) is 0 Å². The van der Waals surface area contributed by atoms with Gasteiger partial charge in [0.25, 0.3) is 11.8 Å². The van der Waals surface area contributed by atoms with E-state index in [0.717, 1.165) is 35.4 Å². The van der Waals surface area contributed by atoms with Gasteiger partial charge in [0.05, 0.1) is 9.75 Å². The monoisotopic (exact) mass is 402 g/mol. The summed E-state index contributed by atoms with van der Waals surface area (Å²) in [6, 6.07) is 4.00. The Balaban J connectivity index is 1.29. The summed E-state index contributed by atoms with van der Waals surface area (Å²) in [6.07, 6.45) is 9.28. The maximum Gasteiger partial charge on any atom is 0.261 e. The van der Waals surface area contributed by atoms with E-state index in [1.54, 1.807) is 22.7 Å². The first kappa shape index (κ1) is 18.7. The molecule has 2 aliphatic rings. The fraction of sp³-hybridized carbons (Fsp3) is 0.524. The van der Waals surface area contributed by atoms with E-state index in [2.05, 4.69) is 16.7 Å². The van der Waals surface area contributed by atoms with Gasteiger partial charge < -0.3 is 10.6 Å². The molecule has 6 heteroatoms. The molecule has 1 atom stereocenters. The predicted molar refractivity (Wildman–Crippen MR) is 111 cm³/mol. The van der Waals surface area contributed by atoms with Gasteiger partial charge in [-0.25, -0.2) is 0 Å². The van der Waals surface area contributed by atoms with Crippen molar-refractivity contribution in [1.82, 2.24) is 10.6 Å². The van der Waals surface area contributed by atoms with Crippen molar-refractivity contribution in [2.75, 3.05) is 6.54 Å². The van der Waals surface area contributed by atoms with E-state index in [9.17, 15) is 9.59 Å². The van der Waals surface area contributed by atoms with E-state index in [0.29, 0.717) is 6.54 Å². The fourth-order valence-electron chi connectivity index (χ4n) is 3.88. The molecule has 2 aliphatic carbocycles. The Bertz CT molecular complexity index is 805. The van der Waals surface area contributed by atoms with E-state index >= 15 is 0 Å². The number of nitrogens with one attached hydrogen (secondary N) is 2. The highest BCUT2D eigenvalue weighted by molar-refractivity contribution is 7.14. The maximum absolute atomic E-state index is 12.5. The van der Waals surface area contributed by atoms with Crippen molar-refractivity contribution in [2.45, 2.75) is 64.3 Å². The van der Waals surface area contributed by atoms with Gasteiger partial charge in [-0.15, -0.1) is 22.7 Å². The van der Waals surface area contributed by atoms with Crippen molar-refractivity contribution in [3.8, 4) is 0 Å². The van der Waals surface area contributed by atoms with Crippen LogP contribution in [0.15, 0.2) is 12.1 Å². The Morgan fingerprint density at radius 2 is 1.41 bits per heavy atom. The number of fused-ring (bicyclic) bond motifs is 2. The lowest BCUT2D eigenvalue weighted by atomic mass is 9.99. The van der Waals surface area contributed by atoms with Crippen molar-refractivity contribution in [3.05, 3.63) is 42.8 Å². The van der Waals surface area contributed by atoms with Crippen molar-refractivity contribution in [2.24, 2.45) is 0 Å². The number of aryl methyl sites for hydroxylation is 4. The molecule has 2 N–H and O–H groups in total. The van der Waals surface area contributed by atoms with Gasteiger partial charge >= 0.3 is 0 Å². The minimum Gasteiger partial charge on any atom is -0.349 e. The number of rotatable bonds is 5. The smallest absolute Gasteiger partial charge is 0.261 e. The summed E-state index contributed by atoms with van der Waals surface area (Å²) >= 11 is 3.25. The zero-order chi connectivity index (χ0) is 18.8. The normalized spacial score (nSPS) is 16.9. The summed E-state index contributed by atoms with van der Waals surface area (Å²) in [5, 5.41) is 6.00. The molecule has 2 heterocycles. The second kappa shape index (κ2) is 8.15. The molecule has 0 radical (unpaired) electrons. The van der Waals surface area contributed by atoms with Gasteiger partial charge in [0.2, 0.25) is 0 Å². The molecule has 2 aromatic heterocycles. The molecule has 2 aromatic rings. The highest BCUT2D eigenvalue weighted by Gasteiger charge is 2.20.